The Morgan fingerprint density at radius 2 is 2.03 bits per heavy atom. The Labute approximate surface area is 172 Å². The number of nitro benzene ring substituents is 1. The molecule has 1 aromatic heterocycles. The van der Waals surface area contributed by atoms with Gasteiger partial charge in [-0.3, -0.25) is 10.1 Å². The number of esters is 1. The fourth-order valence-corrected chi connectivity index (χ4v) is 4.51. The van der Waals surface area contributed by atoms with Crippen LogP contribution in [0, 0.1) is 10.1 Å². The van der Waals surface area contributed by atoms with E-state index in [9.17, 15) is 23.3 Å². The lowest BCUT2D eigenvalue weighted by Gasteiger charge is -2.29. The number of nitrogens with one attached hydrogen (secondary N) is 1. The smallest absolute Gasteiger partial charge is 0.339 e. The van der Waals surface area contributed by atoms with Crippen LogP contribution in [0.3, 0.4) is 0 Å². The van der Waals surface area contributed by atoms with Crippen molar-refractivity contribution in [2.24, 2.45) is 0 Å². The number of aromatic amines is 1. The third-order valence-corrected chi connectivity index (χ3v) is 6.44. The van der Waals surface area contributed by atoms with Crippen LogP contribution in [0.15, 0.2) is 41.3 Å². The lowest BCUT2D eigenvalue weighted by Crippen LogP contribution is -2.30. The zero-order valence-electron chi connectivity index (χ0n) is 16.3. The first-order valence-corrected chi connectivity index (χ1v) is 11.0. The van der Waals surface area contributed by atoms with Crippen LogP contribution in [0.4, 0.5) is 11.4 Å². The van der Waals surface area contributed by atoms with Gasteiger partial charge in [-0.25, -0.2) is 13.2 Å². The molecule has 9 nitrogen and oxygen atoms in total. The number of methoxy groups -OCH3 is 1. The molecule has 0 amide bonds. The fraction of sp³-hybridized carbons (Fsp3) is 0.250. The summed E-state index contributed by atoms with van der Waals surface area (Å²) in [5.41, 5.74) is 3.13. The highest BCUT2D eigenvalue weighted by Crippen LogP contribution is 2.36. The van der Waals surface area contributed by atoms with Crippen molar-refractivity contribution in [3.63, 3.8) is 0 Å². The number of carbonyl (C=O) groups excluding carboxylic acids is 1. The van der Waals surface area contributed by atoms with E-state index in [1.165, 1.54) is 19.2 Å². The molecule has 2 aromatic carbocycles. The lowest BCUT2D eigenvalue weighted by molar-refractivity contribution is -0.384. The molecule has 30 heavy (non-hydrogen) atoms. The maximum atomic E-state index is 12.1. The van der Waals surface area contributed by atoms with Gasteiger partial charge in [0, 0.05) is 48.5 Å². The van der Waals surface area contributed by atoms with Gasteiger partial charge in [-0.05, 0) is 18.2 Å². The van der Waals surface area contributed by atoms with Gasteiger partial charge in [-0.2, -0.15) is 0 Å². The second-order valence-corrected chi connectivity index (χ2v) is 9.17. The van der Waals surface area contributed by atoms with Crippen LogP contribution in [0.1, 0.15) is 21.6 Å². The van der Waals surface area contributed by atoms with Crippen molar-refractivity contribution in [1.29, 1.82) is 0 Å². The minimum Gasteiger partial charge on any atom is -0.465 e. The topological polar surface area (TPSA) is 123 Å². The summed E-state index contributed by atoms with van der Waals surface area (Å²) in [5, 5.41) is 12.5. The van der Waals surface area contributed by atoms with Crippen molar-refractivity contribution in [2.45, 2.75) is 17.9 Å². The van der Waals surface area contributed by atoms with Gasteiger partial charge in [-0.1, -0.05) is 12.1 Å². The van der Waals surface area contributed by atoms with Gasteiger partial charge in [-0.15, -0.1) is 0 Å². The summed E-state index contributed by atoms with van der Waals surface area (Å²) in [6.07, 6.45) is 1.61. The van der Waals surface area contributed by atoms with Crippen molar-refractivity contribution in [3.05, 3.63) is 63.3 Å². The van der Waals surface area contributed by atoms with Gasteiger partial charge in [0.1, 0.15) is 5.69 Å². The number of carbonyl (C=O) groups is 1. The Hall–Kier alpha value is -3.40. The zero-order valence-corrected chi connectivity index (χ0v) is 17.2. The van der Waals surface area contributed by atoms with E-state index in [0.717, 1.165) is 29.0 Å². The number of para-hydroxylation sites is 1. The summed E-state index contributed by atoms with van der Waals surface area (Å²) in [6, 6.07) is 9.31. The maximum Gasteiger partial charge on any atom is 0.339 e. The van der Waals surface area contributed by atoms with Gasteiger partial charge in [0.05, 0.1) is 28.0 Å². The summed E-state index contributed by atoms with van der Waals surface area (Å²) < 4.78 is 28.5. The van der Waals surface area contributed by atoms with E-state index < -0.39 is 20.7 Å². The van der Waals surface area contributed by atoms with Crippen LogP contribution in [-0.2, 0) is 27.5 Å². The summed E-state index contributed by atoms with van der Waals surface area (Å²) >= 11 is 0. The van der Waals surface area contributed by atoms with Crippen LogP contribution in [-0.4, -0.2) is 44.2 Å². The number of benzene rings is 2. The summed E-state index contributed by atoms with van der Waals surface area (Å²) in [4.78, 5) is 28.2. The molecule has 1 aliphatic heterocycles. The number of nitrogens with zero attached hydrogens (tertiary/aromatic N) is 2. The molecule has 2 heterocycles. The summed E-state index contributed by atoms with van der Waals surface area (Å²) in [5.74, 6) is -0.442. The van der Waals surface area contributed by atoms with E-state index >= 15 is 0 Å². The zero-order chi connectivity index (χ0) is 21.6. The molecule has 0 fully saturated rings. The Balaban J connectivity index is 1.78. The average molecular weight is 429 g/mol. The highest BCUT2D eigenvalue weighted by molar-refractivity contribution is 7.90. The summed E-state index contributed by atoms with van der Waals surface area (Å²) in [6.45, 7) is 0.894. The monoisotopic (exact) mass is 429 g/mol. The number of fused-ring (bicyclic) bond motifs is 3. The fourth-order valence-electron chi connectivity index (χ4n) is 3.87. The molecule has 1 N–H and O–H groups in total. The Bertz CT molecular complexity index is 1300. The van der Waals surface area contributed by atoms with E-state index in [4.69, 9.17) is 4.74 Å². The number of sulfone groups is 1. The third kappa shape index (κ3) is 3.28. The van der Waals surface area contributed by atoms with E-state index in [0.29, 0.717) is 36.3 Å². The highest BCUT2D eigenvalue weighted by atomic mass is 32.2. The maximum absolute atomic E-state index is 12.1. The number of ether oxygens (including phenoxy) is 1. The van der Waals surface area contributed by atoms with Gasteiger partial charge in [0.2, 0.25) is 0 Å². The Morgan fingerprint density at radius 3 is 2.70 bits per heavy atom. The molecule has 1 aliphatic rings. The first-order valence-electron chi connectivity index (χ1n) is 9.15. The van der Waals surface area contributed by atoms with Crippen LogP contribution in [0.2, 0.25) is 0 Å². The van der Waals surface area contributed by atoms with Gasteiger partial charge in [0.15, 0.2) is 9.84 Å². The largest absolute Gasteiger partial charge is 0.465 e. The minimum absolute atomic E-state index is 0.0922. The molecule has 156 valence electrons. The molecule has 0 aliphatic carbocycles. The number of anilines is 1. The molecule has 0 spiro atoms. The standard InChI is InChI=1S/C20H19N3O6S/c1-29-20(24)14-5-3-4-13-15-11-22(9-8-16(15)21-19(13)14)17-7-6-12(30(2,27)28)10-18(17)23(25)26/h3-7,10,21H,8-9,11H2,1-2H3. The van der Waals surface area contributed by atoms with Crippen molar-refractivity contribution in [1.82, 2.24) is 4.98 Å². The first kappa shape index (κ1) is 19.9. The average Bonchev–Trinajstić information content (AvgIpc) is 3.10. The second-order valence-electron chi connectivity index (χ2n) is 7.15. The predicted octanol–water partition coefficient (Wildman–Crippen LogP) is 2.83. The van der Waals surface area contributed by atoms with Crippen molar-refractivity contribution < 1.29 is 22.9 Å². The molecular weight excluding hydrogens is 410 g/mol. The number of hydrogen-bond acceptors (Lipinski definition) is 7. The van der Waals surface area contributed by atoms with Gasteiger partial charge in [0.25, 0.3) is 5.69 Å². The molecule has 0 radical (unpaired) electrons. The molecule has 4 rings (SSSR count). The Kier molecular flexibility index (Phi) is 4.73. The summed E-state index contributed by atoms with van der Waals surface area (Å²) in [7, 11) is -2.24. The van der Waals surface area contributed by atoms with Crippen molar-refractivity contribution in [2.75, 3.05) is 24.8 Å². The van der Waals surface area contributed by atoms with E-state index in [1.807, 2.05) is 11.0 Å². The molecule has 10 heteroatoms. The molecule has 0 atom stereocenters. The molecule has 0 saturated heterocycles. The van der Waals surface area contributed by atoms with Crippen LogP contribution < -0.4 is 4.90 Å². The molecule has 0 saturated carbocycles. The number of H-pyrrole nitrogens is 1. The predicted molar refractivity (Wildman–Crippen MR) is 111 cm³/mol. The van der Waals surface area contributed by atoms with E-state index in [-0.39, 0.29) is 10.6 Å². The molecular formula is C20H19N3O6S. The minimum atomic E-state index is -3.56. The number of aromatic nitrogens is 1. The number of hydrogen-bond donors (Lipinski definition) is 1. The SMILES string of the molecule is COC(=O)c1cccc2c3c([nH]c12)CCN(c1ccc(S(C)(=O)=O)cc1[N+](=O)[O-])C3. The highest BCUT2D eigenvalue weighted by Gasteiger charge is 2.28. The number of nitro groups is 1. The Morgan fingerprint density at radius 1 is 1.27 bits per heavy atom. The van der Waals surface area contributed by atoms with Crippen molar-refractivity contribution in [3.8, 4) is 0 Å². The lowest BCUT2D eigenvalue weighted by atomic mass is 10.0. The van der Waals surface area contributed by atoms with Crippen LogP contribution in [0.25, 0.3) is 10.9 Å². The molecule has 0 unspecified atom stereocenters. The van der Waals surface area contributed by atoms with Gasteiger partial charge >= 0.3 is 5.97 Å². The van der Waals surface area contributed by atoms with Crippen LogP contribution >= 0.6 is 0 Å². The molecule has 0 bridgehead atoms. The quantitative estimate of drug-likeness (QED) is 0.384. The molecule has 3 aromatic rings. The van der Waals surface area contributed by atoms with Crippen molar-refractivity contribution >= 4 is 38.1 Å². The number of rotatable bonds is 4. The second kappa shape index (κ2) is 7.13. The van der Waals surface area contributed by atoms with E-state index in [2.05, 4.69) is 4.98 Å². The first-order chi connectivity index (χ1) is 14.2. The van der Waals surface area contributed by atoms with Gasteiger partial charge < -0.3 is 14.6 Å². The third-order valence-electron chi connectivity index (χ3n) is 5.33. The van der Waals surface area contributed by atoms with Crippen LogP contribution in [0.5, 0.6) is 0 Å². The normalized spacial score (nSPS) is 13.9. The van der Waals surface area contributed by atoms with E-state index in [1.54, 1.807) is 12.1 Å².